The van der Waals surface area contributed by atoms with Crippen molar-refractivity contribution in [1.29, 1.82) is 0 Å². The Hall–Kier alpha value is -2.65. The van der Waals surface area contributed by atoms with Gasteiger partial charge in [0.25, 0.3) is 0 Å². The number of aryl methyl sites for hydroxylation is 1. The number of benzene rings is 2. The van der Waals surface area contributed by atoms with Crippen LogP contribution in [0.4, 0.5) is 0 Å². The van der Waals surface area contributed by atoms with E-state index in [0.717, 1.165) is 0 Å². The van der Waals surface area contributed by atoms with Crippen molar-refractivity contribution < 1.29 is 0 Å². The van der Waals surface area contributed by atoms with Crippen LogP contribution in [0.5, 0.6) is 0 Å². The monoisotopic (exact) mass is 328 g/mol. The van der Waals surface area contributed by atoms with Crippen LogP contribution in [0, 0.1) is 6.92 Å². The lowest BCUT2D eigenvalue weighted by Crippen LogP contribution is -2.35. The Morgan fingerprint density at radius 1 is 0.875 bits per heavy atom. The summed E-state index contributed by atoms with van der Waals surface area (Å²) in [6.45, 7) is 2.20. The second-order valence-electron chi connectivity index (χ2n) is 6.24. The van der Waals surface area contributed by atoms with E-state index in [1.165, 1.54) is 33.4 Å². The van der Waals surface area contributed by atoms with E-state index in [0.29, 0.717) is 0 Å². The lowest BCUT2D eigenvalue weighted by atomic mass is 9.79. The highest BCUT2D eigenvalue weighted by Crippen LogP contribution is 2.54. The number of aromatic nitrogens is 2. The van der Waals surface area contributed by atoms with E-state index in [1.807, 2.05) is 12.5 Å². The van der Waals surface area contributed by atoms with Gasteiger partial charge in [0, 0.05) is 18.0 Å². The molecule has 1 aliphatic carbocycles. The van der Waals surface area contributed by atoms with Gasteiger partial charge in [-0.25, -0.2) is 4.98 Å². The van der Waals surface area contributed by atoms with Crippen molar-refractivity contribution >= 4 is 11.3 Å². The molecule has 0 bridgehead atoms. The molecule has 2 heterocycles. The molecule has 0 N–H and O–H groups in total. The van der Waals surface area contributed by atoms with Gasteiger partial charge in [-0.15, -0.1) is 0 Å². The van der Waals surface area contributed by atoms with Gasteiger partial charge in [0.2, 0.25) is 0 Å². The molecule has 5 rings (SSSR count). The summed E-state index contributed by atoms with van der Waals surface area (Å²) in [6, 6.07) is 17.4. The molecule has 0 radical (unpaired) electrons. The van der Waals surface area contributed by atoms with Gasteiger partial charge in [0.15, 0.2) is 0 Å². The highest BCUT2D eigenvalue weighted by molar-refractivity contribution is 7.08. The quantitative estimate of drug-likeness (QED) is 0.442. The van der Waals surface area contributed by atoms with Crippen LogP contribution in [0.15, 0.2) is 78.0 Å². The molecule has 0 saturated heterocycles. The van der Waals surface area contributed by atoms with E-state index in [4.69, 9.17) is 0 Å². The second kappa shape index (κ2) is 4.92. The van der Waals surface area contributed by atoms with Gasteiger partial charge in [0.1, 0.15) is 5.54 Å². The Morgan fingerprint density at radius 3 is 2.46 bits per heavy atom. The summed E-state index contributed by atoms with van der Waals surface area (Å²) in [7, 11) is 0. The van der Waals surface area contributed by atoms with Gasteiger partial charge in [-0.3, -0.25) is 0 Å². The first-order chi connectivity index (χ1) is 11.8. The maximum atomic E-state index is 4.36. The third-order valence-electron chi connectivity index (χ3n) is 5.09. The van der Waals surface area contributed by atoms with E-state index in [-0.39, 0.29) is 5.54 Å². The van der Waals surface area contributed by atoms with E-state index in [1.54, 1.807) is 11.3 Å². The molecule has 4 aromatic rings. The van der Waals surface area contributed by atoms with Crippen LogP contribution in [0.1, 0.15) is 22.3 Å². The number of thiophene rings is 1. The van der Waals surface area contributed by atoms with Crippen LogP contribution in [0.2, 0.25) is 0 Å². The van der Waals surface area contributed by atoms with Crippen LogP contribution in [0.25, 0.3) is 11.1 Å². The Morgan fingerprint density at radius 2 is 1.67 bits per heavy atom. The molecule has 2 aromatic carbocycles. The van der Waals surface area contributed by atoms with Crippen molar-refractivity contribution in [2.45, 2.75) is 12.5 Å². The second-order valence-corrected chi connectivity index (χ2v) is 6.98. The first-order valence-electron chi connectivity index (χ1n) is 8.04. The lowest BCUT2D eigenvalue weighted by Gasteiger charge is -2.35. The molecular weight excluding hydrogens is 312 g/mol. The van der Waals surface area contributed by atoms with Crippen molar-refractivity contribution in [3.05, 3.63) is 100 Å². The molecule has 1 aliphatic rings. The van der Waals surface area contributed by atoms with Crippen molar-refractivity contribution in [3.8, 4) is 11.1 Å². The summed E-state index contributed by atoms with van der Waals surface area (Å²) in [6.07, 6.45) is 5.89. The zero-order valence-electron chi connectivity index (χ0n) is 13.3. The predicted octanol–water partition coefficient (Wildman–Crippen LogP) is 5.07. The number of nitrogens with zero attached hydrogens (tertiary/aromatic N) is 2. The number of fused-ring (bicyclic) bond motifs is 3. The normalized spacial score (nSPS) is 18.4. The minimum atomic E-state index is -0.340. The topological polar surface area (TPSA) is 17.8 Å². The van der Waals surface area contributed by atoms with Crippen LogP contribution in [-0.4, -0.2) is 9.55 Å². The average Bonchev–Trinajstić information content (AvgIpc) is 3.33. The van der Waals surface area contributed by atoms with Crippen LogP contribution in [-0.2, 0) is 5.54 Å². The Kier molecular flexibility index (Phi) is 2.82. The summed E-state index contributed by atoms with van der Waals surface area (Å²) in [5.74, 6) is 0. The average molecular weight is 328 g/mol. The molecular formula is C21H16N2S. The van der Waals surface area contributed by atoms with Gasteiger partial charge < -0.3 is 4.57 Å². The minimum absolute atomic E-state index is 0.340. The molecule has 1 unspecified atom stereocenters. The zero-order chi connectivity index (χ0) is 16.1. The van der Waals surface area contributed by atoms with E-state index in [2.05, 4.69) is 82.0 Å². The fraction of sp³-hybridized carbons (Fsp3) is 0.0952. The van der Waals surface area contributed by atoms with Crippen LogP contribution >= 0.6 is 11.3 Å². The standard InChI is InChI=1S/C21H16N2S/c1-15-6-2-4-8-18(15)21(23-11-10-22-14-23)19-9-5-3-7-16(19)17-12-24-13-20(17)21/h2-14H,1H3. The minimum Gasteiger partial charge on any atom is -0.319 e. The Balaban J connectivity index is 1.99. The van der Waals surface area contributed by atoms with Crippen molar-refractivity contribution in [2.24, 2.45) is 0 Å². The largest absolute Gasteiger partial charge is 0.319 e. The Bertz CT molecular complexity index is 1030. The van der Waals surface area contributed by atoms with Crippen molar-refractivity contribution in [2.75, 3.05) is 0 Å². The maximum Gasteiger partial charge on any atom is 0.123 e. The number of hydrogen-bond donors (Lipinski definition) is 0. The molecule has 116 valence electrons. The van der Waals surface area contributed by atoms with E-state index >= 15 is 0 Å². The lowest BCUT2D eigenvalue weighted by molar-refractivity contribution is 0.526. The molecule has 3 heteroatoms. The van der Waals surface area contributed by atoms with Gasteiger partial charge in [-0.2, -0.15) is 11.3 Å². The van der Waals surface area contributed by atoms with Crippen LogP contribution in [0.3, 0.4) is 0 Å². The molecule has 0 spiro atoms. The van der Waals surface area contributed by atoms with Crippen LogP contribution < -0.4 is 0 Å². The first kappa shape index (κ1) is 13.8. The van der Waals surface area contributed by atoms with Crippen molar-refractivity contribution in [3.63, 3.8) is 0 Å². The smallest absolute Gasteiger partial charge is 0.123 e. The molecule has 2 aromatic heterocycles. The predicted molar refractivity (Wildman–Crippen MR) is 98.4 cm³/mol. The molecule has 1 atom stereocenters. The van der Waals surface area contributed by atoms with Gasteiger partial charge in [-0.1, -0.05) is 48.5 Å². The zero-order valence-corrected chi connectivity index (χ0v) is 14.1. The highest BCUT2D eigenvalue weighted by atomic mass is 32.1. The summed E-state index contributed by atoms with van der Waals surface area (Å²) >= 11 is 1.77. The fourth-order valence-corrected chi connectivity index (χ4v) is 5.00. The third-order valence-corrected chi connectivity index (χ3v) is 5.83. The molecule has 0 aliphatic heterocycles. The first-order valence-corrected chi connectivity index (χ1v) is 8.99. The summed E-state index contributed by atoms with van der Waals surface area (Å²) in [5.41, 5.74) is 7.61. The third kappa shape index (κ3) is 1.57. The summed E-state index contributed by atoms with van der Waals surface area (Å²) in [4.78, 5) is 4.36. The van der Waals surface area contributed by atoms with E-state index in [9.17, 15) is 0 Å². The summed E-state index contributed by atoms with van der Waals surface area (Å²) < 4.78 is 2.26. The van der Waals surface area contributed by atoms with E-state index < -0.39 is 0 Å². The number of imidazole rings is 1. The molecule has 2 nitrogen and oxygen atoms in total. The van der Waals surface area contributed by atoms with Crippen molar-refractivity contribution in [1.82, 2.24) is 9.55 Å². The highest BCUT2D eigenvalue weighted by Gasteiger charge is 2.47. The van der Waals surface area contributed by atoms with Gasteiger partial charge in [-0.05, 0) is 45.5 Å². The molecule has 0 amide bonds. The van der Waals surface area contributed by atoms with Gasteiger partial charge >= 0.3 is 0 Å². The molecule has 0 saturated carbocycles. The summed E-state index contributed by atoms with van der Waals surface area (Å²) in [5, 5.41) is 4.56. The number of hydrogen-bond acceptors (Lipinski definition) is 2. The molecule has 0 fully saturated rings. The molecule has 24 heavy (non-hydrogen) atoms. The Labute approximate surface area is 145 Å². The SMILES string of the molecule is Cc1ccccc1C1(n2ccnc2)c2ccccc2-c2cscc21. The fourth-order valence-electron chi connectivity index (χ4n) is 4.11. The number of rotatable bonds is 2. The maximum absolute atomic E-state index is 4.36. The van der Waals surface area contributed by atoms with Gasteiger partial charge in [0.05, 0.1) is 6.33 Å².